The average molecular weight is 553 g/mol. The Hall–Kier alpha value is -4.99. The molecule has 0 bridgehead atoms. The van der Waals surface area contributed by atoms with Gasteiger partial charge in [0.25, 0.3) is 11.6 Å². The molecule has 0 atom stereocenters. The molecule has 200 valence electrons. The monoisotopic (exact) mass is 552 g/mol. The predicted octanol–water partition coefficient (Wildman–Crippen LogP) is 6.33. The summed E-state index contributed by atoms with van der Waals surface area (Å²) in [7, 11) is 0. The molecule has 0 saturated carbocycles. The number of carbonyl (C=O) groups is 1. The van der Waals surface area contributed by atoms with E-state index in [-0.39, 0.29) is 27.8 Å². The van der Waals surface area contributed by atoms with Crippen LogP contribution in [-0.4, -0.2) is 29.8 Å². The number of halogens is 1. The van der Waals surface area contributed by atoms with E-state index in [0.29, 0.717) is 31.6 Å². The number of hydrogen-bond donors (Lipinski definition) is 0. The lowest BCUT2D eigenvalue weighted by molar-refractivity contribution is -0.384. The average Bonchev–Trinajstić information content (AvgIpc) is 3.25. The van der Waals surface area contributed by atoms with Crippen LogP contribution in [0.4, 0.5) is 17.1 Å². The third-order valence-electron chi connectivity index (χ3n) is 6.42. The number of benzene rings is 3. The van der Waals surface area contributed by atoms with Crippen LogP contribution in [0.3, 0.4) is 0 Å². The fraction of sp³-hybridized carbons (Fsp3) is 0.200. The van der Waals surface area contributed by atoms with Gasteiger partial charge < -0.3 is 4.90 Å². The zero-order chi connectivity index (χ0) is 28.8. The van der Waals surface area contributed by atoms with Gasteiger partial charge in [0.2, 0.25) is 0 Å². The van der Waals surface area contributed by atoms with Gasteiger partial charge in [-0.15, -0.1) is 0 Å². The molecule has 0 saturated heterocycles. The van der Waals surface area contributed by atoms with Crippen LogP contribution in [0.1, 0.15) is 35.1 Å². The van der Waals surface area contributed by atoms with E-state index in [1.54, 1.807) is 12.1 Å². The van der Waals surface area contributed by atoms with Crippen LogP contribution in [0.2, 0.25) is 5.02 Å². The summed E-state index contributed by atoms with van der Waals surface area (Å²) >= 11 is 6.46. The maximum Gasteiger partial charge on any atom is 0.282 e. The van der Waals surface area contributed by atoms with Gasteiger partial charge in [-0.2, -0.15) is 10.5 Å². The number of non-ortho nitro benzene ring substituents is 1. The highest BCUT2D eigenvalue weighted by Crippen LogP contribution is 2.33. The molecule has 40 heavy (non-hydrogen) atoms. The van der Waals surface area contributed by atoms with Gasteiger partial charge in [0.05, 0.1) is 40.6 Å². The minimum atomic E-state index is -0.521. The van der Waals surface area contributed by atoms with Gasteiger partial charge in [-0.1, -0.05) is 29.8 Å². The van der Waals surface area contributed by atoms with Crippen molar-refractivity contribution in [3.05, 3.63) is 104 Å². The summed E-state index contributed by atoms with van der Waals surface area (Å²) in [5.74, 6) is -0.194. The van der Waals surface area contributed by atoms with Crippen LogP contribution < -0.4 is 9.80 Å². The van der Waals surface area contributed by atoms with Gasteiger partial charge in [-0.3, -0.25) is 19.8 Å². The molecule has 0 radical (unpaired) electrons. The lowest BCUT2D eigenvalue weighted by Crippen LogP contribution is -2.33. The van der Waals surface area contributed by atoms with Crippen molar-refractivity contribution in [2.45, 2.75) is 26.7 Å². The van der Waals surface area contributed by atoms with Gasteiger partial charge in [0, 0.05) is 36.5 Å². The van der Waals surface area contributed by atoms with Gasteiger partial charge in [0.1, 0.15) is 11.5 Å². The third kappa shape index (κ3) is 6.01. The molecular weight excluding hydrogens is 528 g/mol. The second-order valence-corrected chi connectivity index (χ2v) is 9.62. The minimum absolute atomic E-state index is 0.153. The zero-order valence-corrected chi connectivity index (χ0v) is 22.7. The molecule has 0 N–H and O–H groups in total. The number of amidine groups is 1. The van der Waals surface area contributed by atoms with Crippen LogP contribution >= 0.6 is 11.6 Å². The number of hydrogen-bond acceptors (Lipinski definition) is 7. The summed E-state index contributed by atoms with van der Waals surface area (Å²) in [6, 6.07) is 21.3. The van der Waals surface area contributed by atoms with Crippen molar-refractivity contribution < 1.29 is 9.72 Å². The molecular formula is C30H25ClN6O3. The van der Waals surface area contributed by atoms with E-state index in [1.807, 2.05) is 55.1 Å². The predicted molar refractivity (Wildman–Crippen MR) is 155 cm³/mol. The lowest BCUT2D eigenvalue weighted by atomic mass is 10.1. The van der Waals surface area contributed by atoms with Crippen LogP contribution in [0.25, 0.3) is 6.08 Å². The van der Waals surface area contributed by atoms with Gasteiger partial charge >= 0.3 is 0 Å². The number of nitro benzene ring substituents is 1. The van der Waals surface area contributed by atoms with Crippen molar-refractivity contribution >= 4 is 46.5 Å². The van der Waals surface area contributed by atoms with E-state index in [0.717, 1.165) is 22.4 Å². The van der Waals surface area contributed by atoms with Crippen molar-refractivity contribution in [2.75, 3.05) is 22.9 Å². The Morgan fingerprint density at radius 1 is 1.05 bits per heavy atom. The van der Waals surface area contributed by atoms with E-state index in [4.69, 9.17) is 22.1 Å². The molecule has 1 amide bonds. The van der Waals surface area contributed by atoms with Gasteiger partial charge in [0.15, 0.2) is 0 Å². The Morgan fingerprint density at radius 3 is 2.40 bits per heavy atom. The number of anilines is 2. The molecule has 0 spiro atoms. The standard InChI is InChI=1S/C30H25ClN6O3/c1-20-6-3-7-24(16-20)36-29(26-19-25(37(39)40)10-11-27(26)31)34-28(30(36)38)18-22-8-9-23(17-21(22)2)35(14-4-12-32)15-5-13-33/h3,6-11,16-19H,4-5,14-15H2,1-2H3/b28-18-. The normalized spacial score (nSPS) is 13.6. The smallest absolute Gasteiger partial charge is 0.282 e. The molecule has 0 aromatic heterocycles. The second-order valence-electron chi connectivity index (χ2n) is 9.21. The van der Waals surface area contributed by atoms with Gasteiger partial charge in [-0.05, 0) is 66.9 Å². The molecule has 3 aromatic carbocycles. The number of aryl methyl sites for hydroxylation is 2. The van der Waals surface area contributed by atoms with Crippen molar-refractivity contribution in [3.8, 4) is 12.1 Å². The molecule has 1 aliphatic rings. The highest BCUT2D eigenvalue weighted by atomic mass is 35.5. The van der Waals surface area contributed by atoms with E-state index in [2.05, 4.69) is 17.1 Å². The molecule has 0 aliphatic carbocycles. The number of carbonyl (C=O) groups excluding carboxylic acids is 1. The molecule has 0 unspecified atom stereocenters. The largest absolute Gasteiger partial charge is 0.369 e. The highest BCUT2D eigenvalue weighted by molar-refractivity contribution is 6.39. The number of nitro groups is 1. The molecule has 9 nitrogen and oxygen atoms in total. The van der Waals surface area contributed by atoms with E-state index in [9.17, 15) is 14.9 Å². The van der Waals surface area contributed by atoms with Crippen LogP contribution in [0.5, 0.6) is 0 Å². The lowest BCUT2D eigenvalue weighted by Gasteiger charge is -2.23. The molecule has 10 heteroatoms. The van der Waals surface area contributed by atoms with E-state index < -0.39 is 10.8 Å². The van der Waals surface area contributed by atoms with Crippen molar-refractivity contribution in [3.63, 3.8) is 0 Å². The van der Waals surface area contributed by atoms with Crippen molar-refractivity contribution in [1.82, 2.24) is 0 Å². The first-order valence-corrected chi connectivity index (χ1v) is 12.9. The quantitative estimate of drug-likeness (QED) is 0.173. The van der Waals surface area contributed by atoms with E-state index in [1.165, 1.54) is 23.1 Å². The molecule has 4 rings (SSSR count). The minimum Gasteiger partial charge on any atom is -0.369 e. The third-order valence-corrected chi connectivity index (χ3v) is 6.75. The van der Waals surface area contributed by atoms with Gasteiger partial charge in [-0.25, -0.2) is 4.99 Å². The van der Waals surface area contributed by atoms with Crippen molar-refractivity contribution in [1.29, 1.82) is 10.5 Å². The first-order chi connectivity index (χ1) is 19.2. The Balaban J connectivity index is 1.79. The highest BCUT2D eigenvalue weighted by Gasteiger charge is 2.34. The fourth-order valence-corrected chi connectivity index (χ4v) is 4.61. The summed E-state index contributed by atoms with van der Waals surface area (Å²) < 4.78 is 0. The Kier molecular flexibility index (Phi) is 8.58. The SMILES string of the molecule is Cc1cccc(N2C(=O)/C(=C/c3ccc(N(CCC#N)CCC#N)cc3C)N=C2c2cc([N+](=O)[O-])ccc2Cl)c1. The number of rotatable bonds is 9. The van der Waals surface area contributed by atoms with Crippen LogP contribution in [0.15, 0.2) is 71.4 Å². The number of nitrogens with zero attached hydrogens (tertiary/aromatic N) is 6. The Bertz CT molecular complexity index is 1620. The molecule has 1 heterocycles. The maximum atomic E-state index is 13.8. The molecule has 3 aromatic rings. The van der Waals surface area contributed by atoms with Crippen LogP contribution in [0, 0.1) is 46.6 Å². The second kappa shape index (κ2) is 12.2. The number of amides is 1. The van der Waals surface area contributed by atoms with Crippen molar-refractivity contribution in [2.24, 2.45) is 4.99 Å². The number of nitriles is 2. The topological polar surface area (TPSA) is 127 Å². The summed E-state index contributed by atoms with van der Waals surface area (Å²) in [5, 5.41) is 29.7. The first-order valence-electron chi connectivity index (χ1n) is 12.5. The molecule has 0 fully saturated rings. The summed E-state index contributed by atoms with van der Waals surface area (Å²) in [4.78, 5) is 32.7. The van der Waals surface area contributed by atoms with E-state index >= 15 is 0 Å². The summed E-state index contributed by atoms with van der Waals surface area (Å²) in [6.45, 7) is 4.81. The Morgan fingerprint density at radius 2 is 1.77 bits per heavy atom. The first kappa shape index (κ1) is 28.0. The molecule has 1 aliphatic heterocycles. The summed E-state index contributed by atoms with van der Waals surface area (Å²) in [6.07, 6.45) is 2.34. The fourth-order valence-electron chi connectivity index (χ4n) is 4.41. The zero-order valence-electron chi connectivity index (χ0n) is 22.0. The maximum absolute atomic E-state index is 13.8. The van der Waals surface area contributed by atoms with Crippen LogP contribution in [-0.2, 0) is 4.79 Å². The number of aliphatic imine (C=N–C) groups is 1. The Labute approximate surface area is 237 Å². The summed E-state index contributed by atoms with van der Waals surface area (Å²) in [5.41, 5.74) is 4.25.